The first-order chi connectivity index (χ1) is 11.5. The van der Waals surface area contributed by atoms with Gasteiger partial charge < -0.3 is 20.4 Å². The van der Waals surface area contributed by atoms with Gasteiger partial charge in [-0.25, -0.2) is 0 Å². The number of likely N-dealkylation sites (N-methyl/N-ethyl adjacent to an activating group) is 1. The summed E-state index contributed by atoms with van der Waals surface area (Å²) in [5.74, 6) is 1.58. The number of nitrogens with zero attached hydrogens (tertiary/aromatic N) is 3. The predicted octanol–water partition coefficient (Wildman–Crippen LogP) is 2.39. The second-order valence-corrected chi connectivity index (χ2v) is 7.56. The van der Waals surface area contributed by atoms with E-state index >= 15 is 0 Å². The fourth-order valence-corrected chi connectivity index (χ4v) is 3.18. The van der Waals surface area contributed by atoms with E-state index in [0.29, 0.717) is 12.0 Å². The van der Waals surface area contributed by atoms with Crippen molar-refractivity contribution in [1.29, 1.82) is 0 Å². The number of nitrogens with one attached hydrogen (secondary N) is 2. The molecule has 0 bridgehead atoms. The number of hydrogen-bond acceptors (Lipinski definition) is 3. The van der Waals surface area contributed by atoms with Crippen LogP contribution in [0.25, 0.3) is 0 Å². The first kappa shape index (κ1) is 21.2. The van der Waals surface area contributed by atoms with E-state index in [0.717, 1.165) is 12.5 Å². The molecule has 142 valence electrons. The molecule has 0 spiro atoms. The molecule has 1 saturated heterocycles. The van der Waals surface area contributed by atoms with E-state index in [-0.39, 0.29) is 0 Å². The highest BCUT2D eigenvalue weighted by Gasteiger charge is 2.16. The summed E-state index contributed by atoms with van der Waals surface area (Å²) in [6.07, 6.45) is 6.52. The van der Waals surface area contributed by atoms with Crippen LogP contribution in [0.3, 0.4) is 0 Å². The minimum absolute atomic E-state index is 0.487. The van der Waals surface area contributed by atoms with Crippen molar-refractivity contribution in [3.8, 4) is 0 Å². The Morgan fingerprint density at radius 3 is 2.42 bits per heavy atom. The highest BCUT2D eigenvalue weighted by molar-refractivity contribution is 5.79. The molecule has 1 heterocycles. The molecular weight excluding hydrogens is 298 g/mol. The molecule has 0 aromatic heterocycles. The summed E-state index contributed by atoms with van der Waals surface area (Å²) in [6, 6.07) is 0.487. The van der Waals surface area contributed by atoms with Crippen molar-refractivity contribution in [2.45, 2.75) is 58.9 Å². The van der Waals surface area contributed by atoms with Crippen molar-refractivity contribution >= 4 is 5.96 Å². The van der Waals surface area contributed by atoms with Gasteiger partial charge in [-0.2, -0.15) is 0 Å². The molecule has 0 saturated carbocycles. The zero-order valence-corrected chi connectivity index (χ0v) is 16.8. The molecule has 1 aliphatic rings. The standard InChI is InChI=1S/C19H41N5/c1-6-7-8-9-10-18(3)22-19(20-4)21-15-17(2)16-24-13-11-23(5)12-14-24/h17-18H,6-16H2,1-5H3,(H2,20,21,22). The predicted molar refractivity (Wildman–Crippen MR) is 106 cm³/mol. The lowest BCUT2D eigenvalue weighted by atomic mass is 10.1. The van der Waals surface area contributed by atoms with Crippen LogP contribution in [0.2, 0.25) is 0 Å². The molecule has 1 fully saturated rings. The maximum Gasteiger partial charge on any atom is 0.191 e. The second-order valence-electron chi connectivity index (χ2n) is 7.56. The zero-order valence-electron chi connectivity index (χ0n) is 16.8. The molecule has 0 aromatic carbocycles. The van der Waals surface area contributed by atoms with Crippen LogP contribution in [-0.4, -0.2) is 75.2 Å². The van der Waals surface area contributed by atoms with Crippen LogP contribution in [0, 0.1) is 5.92 Å². The van der Waals surface area contributed by atoms with Gasteiger partial charge in [0.25, 0.3) is 0 Å². The summed E-state index contributed by atoms with van der Waals surface area (Å²) in [4.78, 5) is 9.37. The van der Waals surface area contributed by atoms with Gasteiger partial charge in [0.1, 0.15) is 0 Å². The van der Waals surface area contributed by atoms with Gasteiger partial charge in [0, 0.05) is 52.4 Å². The van der Waals surface area contributed by atoms with Gasteiger partial charge in [0.2, 0.25) is 0 Å². The Labute approximate surface area is 150 Å². The monoisotopic (exact) mass is 339 g/mol. The topological polar surface area (TPSA) is 42.9 Å². The number of unbranched alkanes of at least 4 members (excludes halogenated alkanes) is 3. The Morgan fingerprint density at radius 2 is 1.79 bits per heavy atom. The van der Waals surface area contributed by atoms with Gasteiger partial charge in [0.15, 0.2) is 5.96 Å². The van der Waals surface area contributed by atoms with Crippen molar-refractivity contribution < 1.29 is 0 Å². The van der Waals surface area contributed by atoms with Crippen molar-refractivity contribution in [2.24, 2.45) is 10.9 Å². The Bertz CT molecular complexity index is 337. The van der Waals surface area contributed by atoms with Gasteiger partial charge in [-0.1, -0.05) is 39.5 Å². The van der Waals surface area contributed by atoms with Crippen molar-refractivity contribution in [3.05, 3.63) is 0 Å². The lowest BCUT2D eigenvalue weighted by molar-refractivity contribution is 0.139. The lowest BCUT2D eigenvalue weighted by Gasteiger charge is -2.34. The molecule has 5 nitrogen and oxygen atoms in total. The van der Waals surface area contributed by atoms with E-state index in [4.69, 9.17) is 0 Å². The van der Waals surface area contributed by atoms with Gasteiger partial charge in [-0.3, -0.25) is 4.99 Å². The smallest absolute Gasteiger partial charge is 0.191 e. The van der Waals surface area contributed by atoms with Gasteiger partial charge in [-0.05, 0) is 26.3 Å². The summed E-state index contributed by atoms with van der Waals surface area (Å²) in [7, 11) is 4.08. The summed E-state index contributed by atoms with van der Waals surface area (Å²) < 4.78 is 0. The number of hydrogen-bond donors (Lipinski definition) is 2. The second kappa shape index (κ2) is 12.5. The maximum atomic E-state index is 4.38. The SMILES string of the molecule is CCCCCCC(C)NC(=NC)NCC(C)CN1CCN(C)CC1. The van der Waals surface area contributed by atoms with Crippen molar-refractivity contribution in [2.75, 3.05) is 53.4 Å². The number of guanidine groups is 1. The lowest BCUT2D eigenvalue weighted by Crippen LogP contribution is -2.48. The third-order valence-electron chi connectivity index (χ3n) is 4.88. The molecule has 1 rings (SSSR count). The summed E-state index contributed by atoms with van der Waals surface area (Å²) >= 11 is 0. The van der Waals surface area contributed by atoms with Crippen LogP contribution in [0.15, 0.2) is 4.99 Å². The van der Waals surface area contributed by atoms with Gasteiger partial charge in [0.05, 0.1) is 0 Å². The number of piperazine rings is 1. The zero-order chi connectivity index (χ0) is 17.8. The van der Waals surface area contributed by atoms with Crippen LogP contribution in [0.5, 0.6) is 0 Å². The molecule has 0 radical (unpaired) electrons. The number of rotatable bonds is 10. The van der Waals surface area contributed by atoms with E-state index < -0.39 is 0 Å². The molecule has 0 aliphatic carbocycles. The quantitative estimate of drug-likeness (QED) is 0.364. The Hall–Kier alpha value is -0.810. The van der Waals surface area contributed by atoms with E-state index in [9.17, 15) is 0 Å². The third kappa shape index (κ3) is 9.48. The van der Waals surface area contributed by atoms with Crippen LogP contribution < -0.4 is 10.6 Å². The average Bonchev–Trinajstić information content (AvgIpc) is 2.57. The molecule has 2 unspecified atom stereocenters. The largest absolute Gasteiger partial charge is 0.356 e. The minimum Gasteiger partial charge on any atom is -0.356 e. The van der Waals surface area contributed by atoms with Crippen molar-refractivity contribution in [1.82, 2.24) is 20.4 Å². The molecule has 2 atom stereocenters. The Kier molecular flexibility index (Phi) is 11.1. The molecule has 1 aliphatic heterocycles. The summed E-state index contributed by atoms with van der Waals surface area (Å²) in [6.45, 7) is 13.8. The van der Waals surface area contributed by atoms with E-state index in [1.807, 2.05) is 7.05 Å². The average molecular weight is 340 g/mol. The highest BCUT2D eigenvalue weighted by atomic mass is 15.2. The molecule has 0 aromatic rings. The third-order valence-corrected chi connectivity index (χ3v) is 4.88. The first-order valence-corrected chi connectivity index (χ1v) is 9.93. The highest BCUT2D eigenvalue weighted by Crippen LogP contribution is 2.06. The van der Waals surface area contributed by atoms with E-state index in [2.05, 4.69) is 53.2 Å². The Morgan fingerprint density at radius 1 is 1.08 bits per heavy atom. The van der Waals surface area contributed by atoms with Crippen LogP contribution in [0.4, 0.5) is 0 Å². The van der Waals surface area contributed by atoms with Gasteiger partial charge >= 0.3 is 0 Å². The van der Waals surface area contributed by atoms with Gasteiger partial charge in [-0.15, -0.1) is 0 Å². The fraction of sp³-hybridized carbons (Fsp3) is 0.947. The van der Waals surface area contributed by atoms with Crippen LogP contribution in [0.1, 0.15) is 52.9 Å². The first-order valence-electron chi connectivity index (χ1n) is 9.93. The fourth-order valence-electron chi connectivity index (χ4n) is 3.18. The maximum absolute atomic E-state index is 4.38. The molecule has 0 amide bonds. The minimum atomic E-state index is 0.487. The van der Waals surface area contributed by atoms with E-state index in [1.165, 1.54) is 64.8 Å². The molecule has 24 heavy (non-hydrogen) atoms. The summed E-state index contributed by atoms with van der Waals surface area (Å²) in [5.41, 5.74) is 0. The normalized spacial score (nSPS) is 20.0. The van der Waals surface area contributed by atoms with Crippen molar-refractivity contribution in [3.63, 3.8) is 0 Å². The van der Waals surface area contributed by atoms with Crippen LogP contribution in [-0.2, 0) is 0 Å². The number of aliphatic imine (C=N–C) groups is 1. The Balaban J connectivity index is 2.18. The molecule has 2 N–H and O–H groups in total. The summed E-state index contributed by atoms with van der Waals surface area (Å²) in [5, 5.41) is 7.03. The molecular formula is C19H41N5. The van der Waals surface area contributed by atoms with Crippen LogP contribution >= 0.6 is 0 Å². The van der Waals surface area contributed by atoms with E-state index in [1.54, 1.807) is 0 Å². The molecule has 5 heteroatoms.